The van der Waals surface area contributed by atoms with Gasteiger partial charge in [-0.05, 0) is 54.3 Å². The van der Waals surface area contributed by atoms with Gasteiger partial charge in [-0.15, -0.1) is 0 Å². The minimum absolute atomic E-state index is 0.517. The van der Waals surface area contributed by atoms with Crippen molar-refractivity contribution in [3.63, 3.8) is 0 Å². The zero-order valence-electron chi connectivity index (χ0n) is 16.1. The molecule has 0 fully saturated rings. The third-order valence-electron chi connectivity index (χ3n) is 4.47. The molecule has 0 aliphatic carbocycles. The Morgan fingerprint density at radius 3 is 2.26 bits per heavy atom. The van der Waals surface area contributed by atoms with E-state index >= 15 is 0 Å². The number of ether oxygens (including phenoxy) is 2. The van der Waals surface area contributed by atoms with Gasteiger partial charge in [0, 0.05) is 12.2 Å². The Morgan fingerprint density at radius 2 is 1.48 bits per heavy atom. The van der Waals surface area contributed by atoms with Crippen LogP contribution in [0.2, 0.25) is 0 Å². The maximum absolute atomic E-state index is 5.84. The summed E-state index contributed by atoms with van der Waals surface area (Å²) in [5.41, 5.74) is 5.06. The Bertz CT molecular complexity index is 846. The van der Waals surface area contributed by atoms with Gasteiger partial charge in [0.1, 0.15) is 24.7 Å². The molecule has 0 saturated carbocycles. The number of rotatable bonds is 9. The molecule has 27 heavy (non-hydrogen) atoms. The lowest BCUT2D eigenvalue weighted by Gasteiger charge is -2.15. The third kappa shape index (κ3) is 5.52. The number of hydrogen-bond acceptors (Lipinski definition) is 3. The van der Waals surface area contributed by atoms with Crippen molar-refractivity contribution in [3.05, 3.63) is 89.5 Å². The molecule has 0 amide bonds. The van der Waals surface area contributed by atoms with Gasteiger partial charge in [0.2, 0.25) is 0 Å². The van der Waals surface area contributed by atoms with Crippen molar-refractivity contribution in [2.75, 3.05) is 18.5 Å². The Balaban J connectivity index is 1.52. The van der Waals surface area contributed by atoms with E-state index in [1.165, 1.54) is 22.4 Å². The molecular formula is C24H27NO2. The average Bonchev–Trinajstić information content (AvgIpc) is 2.71. The van der Waals surface area contributed by atoms with Crippen LogP contribution in [-0.2, 0) is 13.0 Å². The Hall–Kier alpha value is -2.94. The number of aryl methyl sites for hydroxylation is 2. The van der Waals surface area contributed by atoms with Gasteiger partial charge in [-0.1, -0.05) is 55.5 Å². The first-order valence-corrected chi connectivity index (χ1v) is 9.48. The summed E-state index contributed by atoms with van der Waals surface area (Å²) < 4.78 is 11.5. The highest BCUT2D eigenvalue weighted by Gasteiger charge is 2.04. The van der Waals surface area contributed by atoms with Crippen molar-refractivity contribution >= 4 is 5.69 Å². The number of benzene rings is 3. The molecule has 3 rings (SSSR count). The fraction of sp³-hybridized carbons (Fsp3) is 0.250. The lowest BCUT2D eigenvalue weighted by molar-refractivity contribution is 0.217. The molecule has 0 aliphatic heterocycles. The van der Waals surface area contributed by atoms with Gasteiger partial charge < -0.3 is 14.8 Å². The number of anilines is 1. The summed E-state index contributed by atoms with van der Waals surface area (Å²) in [5.74, 6) is 1.73. The smallest absolute Gasteiger partial charge is 0.122 e. The molecule has 3 aromatic rings. The molecule has 3 nitrogen and oxygen atoms in total. The van der Waals surface area contributed by atoms with Crippen LogP contribution in [0.3, 0.4) is 0 Å². The molecule has 0 bridgehead atoms. The molecule has 0 aliphatic rings. The van der Waals surface area contributed by atoms with Gasteiger partial charge in [0.15, 0.2) is 0 Å². The van der Waals surface area contributed by atoms with Gasteiger partial charge in [-0.2, -0.15) is 0 Å². The molecule has 0 atom stereocenters. The Morgan fingerprint density at radius 1 is 0.778 bits per heavy atom. The molecule has 0 saturated heterocycles. The molecule has 0 spiro atoms. The normalized spacial score (nSPS) is 10.4. The predicted molar refractivity (Wildman–Crippen MR) is 112 cm³/mol. The van der Waals surface area contributed by atoms with Gasteiger partial charge in [-0.3, -0.25) is 0 Å². The second-order valence-corrected chi connectivity index (χ2v) is 6.47. The first kappa shape index (κ1) is 18.8. The lowest BCUT2D eigenvalue weighted by atomic mass is 10.1. The SMILES string of the molecule is CCc1cccc(C)c1NCc1cccc(OCCOc2ccccc2)c1. The molecule has 0 radical (unpaired) electrons. The van der Waals surface area contributed by atoms with E-state index in [0.717, 1.165) is 24.5 Å². The minimum atomic E-state index is 0.517. The van der Waals surface area contributed by atoms with Crippen LogP contribution in [-0.4, -0.2) is 13.2 Å². The summed E-state index contributed by atoms with van der Waals surface area (Å²) in [7, 11) is 0. The highest BCUT2D eigenvalue weighted by molar-refractivity contribution is 5.57. The van der Waals surface area contributed by atoms with E-state index in [2.05, 4.69) is 49.5 Å². The van der Waals surface area contributed by atoms with E-state index in [4.69, 9.17) is 9.47 Å². The second kappa shape index (κ2) is 9.67. The highest BCUT2D eigenvalue weighted by atomic mass is 16.5. The van der Waals surface area contributed by atoms with Crippen LogP contribution in [0.1, 0.15) is 23.6 Å². The second-order valence-electron chi connectivity index (χ2n) is 6.47. The molecule has 0 heterocycles. The number of para-hydroxylation sites is 2. The maximum Gasteiger partial charge on any atom is 0.122 e. The fourth-order valence-corrected chi connectivity index (χ4v) is 3.05. The fourth-order valence-electron chi connectivity index (χ4n) is 3.05. The zero-order chi connectivity index (χ0) is 18.9. The summed E-state index contributed by atoms with van der Waals surface area (Å²) in [5, 5.41) is 3.58. The topological polar surface area (TPSA) is 30.5 Å². The van der Waals surface area contributed by atoms with Crippen LogP contribution in [0.5, 0.6) is 11.5 Å². The molecule has 140 valence electrons. The van der Waals surface area contributed by atoms with Crippen LogP contribution in [0.15, 0.2) is 72.8 Å². The molecule has 1 N–H and O–H groups in total. The van der Waals surface area contributed by atoms with E-state index in [-0.39, 0.29) is 0 Å². The van der Waals surface area contributed by atoms with Crippen molar-refractivity contribution in [2.24, 2.45) is 0 Å². The quantitative estimate of drug-likeness (QED) is 0.501. The van der Waals surface area contributed by atoms with Crippen LogP contribution in [0.25, 0.3) is 0 Å². The summed E-state index contributed by atoms with van der Waals surface area (Å²) in [6, 6.07) is 24.5. The lowest BCUT2D eigenvalue weighted by Crippen LogP contribution is -2.09. The number of nitrogens with one attached hydrogen (secondary N) is 1. The molecule has 0 unspecified atom stereocenters. The van der Waals surface area contributed by atoms with E-state index < -0.39 is 0 Å². The van der Waals surface area contributed by atoms with Gasteiger partial charge in [-0.25, -0.2) is 0 Å². The largest absolute Gasteiger partial charge is 0.490 e. The maximum atomic E-state index is 5.84. The van der Waals surface area contributed by atoms with E-state index in [9.17, 15) is 0 Å². The Kier molecular flexibility index (Phi) is 6.75. The molecule has 3 heteroatoms. The summed E-state index contributed by atoms with van der Waals surface area (Å²) >= 11 is 0. The monoisotopic (exact) mass is 361 g/mol. The van der Waals surface area contributed by atoms with E-state index in [1.807, 2.05) is 42.5 Å². The van der Waals surface area contributed by atoms with Crippen LogP contribution in [0, 0.1) is 6.92 Å². The van der Waals surface area contributed by atoms with Gasteiger partial charge in [0.05, 0.1) is 0 Å². The van der Waals surface area contributed by atoms with Gasteiger partial charge >= 0.3 is 0 Å². The van der Waals surface area contributed by atoms with Crippen molar-refractivity contribution in [1.82, 2.24) is 0 Å². The first-order chi connectivity index (χ1) is 13.3. The van der Waals surface area contributed by atoms with Crippen molar-refractivity contribution in [1.29, 1.82) is 0 Å². The van der Waals surface area contributed by atoms with Crippen LogP contribution < -0.4 is 14.8 Å². The average molecular weight is 361 g/mol. The van der Waals surface area contributed by atoms with Crippen molar-refractivity contribution < 1.29 is 9.47 Å². The first-order valence-electron chi connectivity index (χ1n) is 9.48. The molecule has 3 aromatic carbocycles. The van der Waals surface area contributed by atoms with E-state index in [1.54, 1.807) is 0 Å². The summed E-state index contributed by atoms with van der Waals surface area (Å²) in [6.45, 7) is 6.15. The van der Waals surface area contributed by atoms with Crippen molar-refractivity contribution in [2.45, 2.75) is 26.8 Å². The number of hydrogen-bond donors (Lipinski definition) is 1. The van der Waals surface area contributed by atoms with E-state index in [0.29, 0.717) is 13.2 Å². The van der Waals surface area contributed by atoms with Crippen molar-refractivity contribution in [3.8, 4) is 11.5 Å². The Labute approximate surface area is 162 Å². The summed E-state index contributed by atoms with van der Waals surface area (Å²) in [6.07, 6.45) is 1.02. The van der Waals surface area contributed by atoms with Crippen LogP contribution in [0.4, 0.5) is 5.69 Å². The van der Waals surface area contributed by atoms with Crippen LogP contribution >= 0.6 is 0 Å². The van der Waals surface area contributed by atoms with Gasteiger partial charge in [0.25, 0.3) is 0 Å². The molecular weight excluding hydrogens is 334 g/mol. The molecule has 0 aromatic heterocycles. The highest BCUT2D eigenvalue weighted by Crippen LogP contribution is 2.22. The minimum Gasteiger partial charge on any atom is -0.490 e. The third-order valence-corrected chi connectivity index (χ3v) is 4.47. The summed E-state index contributed by atoms with van der Waals surface area (Å²) in [4.78, 5) is 0. The predicted octanol–water partition coefficient (Wildman–Crippen LogP) is 5.63. The standard InChI is InChI=1S/C24H27NO2/c1-3-21-11-7-9-19(2)24(21)25-18-20-10-8-14-23(17-20)27-16-15-26-22-12-5-4-6-13-22/h4-14,17,25H,3,15-16,18H2,1-2H3. The zero-order valence-corrected chi connectivity index (χ0v) is 16.1.